The van der Waals surface area contributed by atoms with Gasteiger partial charge in [0.25, 0.3) is 5.91 Å². The second-order valence-electron chi connectivity index (χ2n) is 5.21. The van der Waals surface area contributed by atoms with Crippen LogP contribution in [0.3, 0.4) is 0 Å². The van der Waals surface area contributed by atoms with Crippen LogP contribution in [0.25, 0.3) is 0 Å². The van der Waals surface area contributed by atoms with E-state index in [9.17, 15) is 9.59 Å². The molecule has 2 N–H and O–H groups in total. The first-order chi connectivity index (χ1) is 10.2. The van der Waals surface area contributed by atoms with Gasteiger partial charge in [-0.05, 0) is 12.8 Å². The Morgan fingerprint density at radius 2 is 1.90 bits per heavy atom. The largest absolute Gasteiger partial charge is 0.396 e. The number of unbranched alkanes of at least 4 members (excludes halogenated alkanes) is 4. The highest BCUT2D eigenvalue weighted by Gasteiger charge is 2.17. The van der Waals surface area contributed by atoms with Gasteiger partial charge in [-0.2, -0.15) is 0 Å². The summed E-state index contributed by atoms with van der Waals surface area (Å²) in [6.07, 6.45) is 9.09. The minimum absolute atomic E-state index is 0.0464. The van der Waals surface area contributed by atoms with Crippen LogP contribution >= 0.6 is 0 Å². The number of aliphatic hydroxyl groups excluding tert-OH is 1. The summed E-state index contributed by atoms with van der Waals surface area (Å²) in [5.74, 6) is -0.249. The molecule has 1 amide bonds. The van der Waals surface area contributed by atoms with E-state index in [2.05, 4.69) is 11.9 Å². The van der Waals surface area contributed by atoms with Crippen molar-refractivity contribution in [3.8, 4) is 0 Å². The highest BCUT2D eigenvalue weighted by atomic mass is 16.3. The van der Waals surface area contributed by atoms with Gasteiger partial charge in [0.05, 0.1) is 0 Å². The summed E-state index contributed by atoms with van der Waals surface area (Å²) in [7, 11) is 0. The van der Waals surface area contributed by atoms with Crippen LogP contribution in [0.1, 0.15) is 55.8 Å². The number of pyridine rings is 1. The molecule has 0 spiro atoms. The quantitative estimate of drug-likeness (QED) is 0.650. The molecule has 0 aliphatic rings. The molecule has 0 bridgehead atoms. The van der Waals surface area contributed by atoms with Gasteiger partial charge in [0.15, 0.2) is 5.43 Å². The van der Waals surface area contributed by atoms with E-state index in [0.29, 0.717) is 19.5 Å². The van der Waals surface area contributed by atoms with Gasteiger partial charge in [0.1, 0.15) is 5.56 Å². The SMILES string of the molecule is CCCCCCCN(CCCO)C(=O)c1c[nH]ccc1=O. The number of nitrogens with zero attached hydrogens (tertiary/aromatic N) is 1. The number of carbonyl (C=O) groups excluding carboxylic acids is 1. The van der Waals surface area contributed by atoms with Gasteiger partial charge in [-0.3, -0.25) is 9.59 Å². The maximum Gasteiger partial charge on any atom is 0.259 e. The molecular formula is C16H26N2O3. The Morgan fingerprint density at radius 3 is 2.57 bits per heavy atom. The summed E-state index contributed by atoms with van der Waals surface area (Å²) in [6, 6.07) is 1.36. The molecule has 118 valence electrons. The minimum atomic E-state index is -0.265. The van der Waals surface area contributed by atoms with Crippen LogP contribution in [0.15, 0.2) is 23.3 Å². The summed E-state index contributed by atoms with van der Waals surface area (Å²) in [5, 5.41) is 8.96. The van der Waals surface area contributed by atoms with Crippen LogP contribution in [0.5, 0.6) is 0 Å². The van der Waals surface area contributed by atoms with Gasteiger partial charge >= 0.3 is 0 Å². The summed E-state index contributed by atoms with van der Waals surface area (Å²) in [5.41, 5.74) is -0.0947. The molecule has 21 heavy (non-hydrogen) atoms. The molecule has 0 atom stereocenters. The second-order valence-corrected chi connectivity index (χ2v) is 5.21. The molecule has 0 aliphatic carbocycles. The lowest BCUT2D eigenvalue weighted by atomic mass is 10.1. The van der Waals surface area contributed by atoms with Crippen LogP contribution in [-0.2, 0) is 0 Å². The third-order valence-corrected chi connectivity index (χ3v) is 3.46. The van der Waals surface area contributed by atoms with E-state index < -0.39 is 0 Å². The van der Waals surface area contributed by atoms with Crippen molar-refractivity contribution in [2.45, 2.75) is 45.4 Å². The van der Waals surface area contributed by atoms with Crippen molar-refractivity contribution < 1.29 is 9.90 Å². The molecule has 5 heteroatoms. The molecule has 0 saturated heterocycles. The lowest BCUT2D eigenvalue weighted by Crippen LogP contribution is -2.36. The Labute approximate surface area is 126 Å². The van der Waals surface area contributed by atoms with Crippen molar-refractivity contribution in [2.75, 3.05) is 19.7 Å². The highest BCUT2D eigenvalue weighted by molar-refractivity contribution is 5.93. The van der Waals surface area contributed by atoms with Crippen LogP contribution < -0.4 is 5.43 Å². The van der Waals surface area contributed by atoms with E-state index in [-0.39, 0.29) is 23.5 Å². The monoisotopic (exact) mass is 294 g/mol. The molecule has 0 saturated carbocycles. The van der Waals surface area contributed by atoms with Gasteiger partial charge in [0.2, 0.25) is 0 Å². The highest BCUT2D eigenvalue weighted by Crippen LogP contribution is 2.07. The normalized spacial score (nSPS) is 10.6. The van der Waals surface area contributed by atoms with Crippen LogP contribution in [-0.4, -0.2) is 40.6 Å². The predicted molar refractivity (Wildman–Crippen MR) is 83.4 cm³/mol. The Kier molecular flexibility index (Phi) is 8.43. The maximum atomic E-state index is 12.4. The molecule has 1 rings (SSSR count). The molecular weight excluding hydrogens is 268 g/mol. The fourth-order valence-corrected chi connectivity index (χ4v) is 2.24. The van der Waals surface area contributed by atoms with Crippen molar-refractivity contribution >= 4 is 5.91 Å². The number of aromatic nitrogens is 1. The molecule has 0 aliphatic heterocycles. The first-order valence-corrected chi connectivity index (χ1v) is 7.78. The molecule has 0 unspecified atom stereocenters. The van der Waals surface area contributed by atoms with Gasteiger partial charge < -0.3 is 15.0 Å². The number of H-pyrrole nitrogens is 1. The van der Waals surface area contributed by atoms with Crippen molar-refractivity contribution in [3.63, 3.8) is 0 Å². The van der Waals surface area contributed by atoms with Crippen LogP contribution in [0.2, 0.25) is 0 Å². The Hall–Kier alpha value is -1.62. The topological polar surface area (TPSA) is 73.4 Å². The summed E-state index contributed by atoms with van der Waals surface area (Å²) < 4.78 is 0. The first-order valence-electron chi connectivity index (χ1n) is 7.78. The van der Waals surface area contributed by atoms with E-state index in [1.807, 2.05) is 0 Å². The lowest BCUT2D eigenvalue weighted by Gasteiger charge is -2.22. The molecule has 1 heterocycles. The third-order valence-electron chi connectivity index (χ3n) is 3.46. The van der Waals surface area contributed by atoms with Gasteiger partial charge in [0, 0.05) is 38.2 Å². The Balaban J connectivity index is 2.61. The molecule has 1 aromatic heterocycles. The third kappa shape index (κ3) is 6.12. The van der Waals surface area contributed by atoms with E-state index in [4.69, 9.17) is 5.11 Å². The fourth-order valence-electron chi connectivity index (χ4n) is 2.24. The average Bonchev–Trinajstić information content (AvgIpc) is 2.50. The van der Waals surface area contributed by atoms with E-state index in [0.717, 1.165) is 12.8 Å². The number of hydrogen-bond acceptors (Lipinski definition) is 3. The minimum Gasteiger partial charge on any atom is -0.396 e. The average molecular weight is 294 g/mol. The lowest BCUT2D eigenvalue weighted by molar-refractivity contribution is 0.0740. The number of aliphatic hydroxyl groups is 1. The Bertz CT molecular complexity index is 471. The van der Waals surface area contributed by atoms with E-state index in [1.165, 1.54) is 37.7 Å². The smallest absolute Gasteiger partial charge is 0.259 e. The van der Waals surface area contributed by atoms with Crippen molar-refractivity contribution in [1.29, 1.82) is 0 Å². The number of nitrogens with one attached hydrogen (secondary N) is 1. The van der Waals surface area contributed by atoms with Crippen LogP contribution in [0, 0.1) is 0 Å². The number of aromatic amines is 1. The summed E-state index contributed by atoms with van der Waals surface area (Å²) in [6.45, 7) is 3.33. The van der Waals surface area contributed by atoms with Crippen LogP contribution in [0.4, 0.5) is 0 Å². The fraction of sp³-hybridized carbons (Fsp3) is 0.625. The van der Waals surface area contributed by atoms with Gasteiger partial charge in [-0.1, -0.05) is 32.6 Å². The van der Waals surface area contributed by atoms with Gasteiger partial charge in [-0.25, -0.2) is 0 Å². The molecule has 0 fully saturated rings. The molecule has 0 aromatic carbocycles. The zero-order chi connectivity index (χ0) is 15.5. The zero-order valence-corrected chi connectivity index (χ0v) is 12.8. The number of hydrogen-bond donors (Lipinski definition) is 2. The van der Waals surface area contributed by atoms with Crippen molar-refractivity contribution in [1.82, 2.24) is 9.88 Å². The predicted octanol–water partition coefficient (Wildman–Crippen LogP) is 2.17. The summed E-state index contributed by atoms with van der Waals surface area (Å²) >= 11 is 0. The van der Waals surface area contributed by atoms with E-state index in [1.54, 1.807) is 4.90 Å². The number of amides is 1. The first kappa shape index (κ1) is 17.4. The second kappa shape index (κ2) is 10.2. The van der Waals surface area contributed by atoms with Crippen molar-refractivity contribution in [2.24, 2.45) is 0 Å². The Morgan fingerprint density at radius 1 is 1.19 bits per heavy atom. The van der Waals surface area contributed by atoms with E-state index >= 15 is 0 Å². The zero-order valence-electron chi connectivity index (χ0n) is 12.8. The van der Waals surface area contributed by atoms with Gasteiger partial charge in [-0.15, -0.1) is 0 Å². The molecule has 0 radical (unpaired) electrons. The maximum absolute atomic E-state index is 12.4. The number of carbonyl (C=O) groups is 1. The standard InChI is InChI=1S/C16H26N2O3/c1-2-3-4-5-6-10-18(11-7-12-19)16(21)14-13-17-9-8-15(14)20/h8-9,13,19H,2-7,10-12H2,1H3,(H,17,20). The van der Waals surface area contributed by atoms with Crippen molar-refractivity contribution in [3.05, 3.63) is 34.2 Å². The number of rotatable bonds is 10. The molecule has 1 aromatic rings. The molecule has 5 nitrogen and oxygen atoms in total. The summed E-state index contributed by atoms with van der Waals surface area (Å²) in [4.78, 5) is 28.6.